The van der Waals surface area contributed by atoms with Crippen molar-refractivity contribution >= 4 is 18.2 Å². The fourth-order valence-electron chi connectivity index (χ4n) is 3.75. The molecular weight excluding hydrogens is 350 g/mol. The van der Waals surface area contributed by atoms with Crippen LogP contribution in [-0.2, 0) is 33.1 Å². The van der Waals surface area contributed by atoms with Gasteiger partial charge in [-0.3, -0.25) is 4.68 Å². The van der Waals surface area contributed by atoms with Crippen molar-refractivity contribution in [2.75, 3.05) is 19.0 Å². The molecule has 26 heavy (non-hydrogen) atoms. The van der Waals surface area contributed by atoms with E-state index in [1.165, 1.54) is 30.5 Å². The number of halogens is 1. The minimum absolute atomic E-state index is 0. The van der Waals surface area contributed by atoms with E-state index in [1.54, 1.807) is 0 Å². The van der Waals surface area contributed by atoms with Crippen molar-refractivity contribution < 1.29 is 0 Å². The summed E-state index contributed by atoms with van der Waals surface area (Å²) in [5, 5.41) is 17.1. The molecule has 3 rings (SSSR count). The summed E-state index contributed by atoms with van der Waals surface area (Å²) in [6.07, 6.45) is 4.79. The molecule has 7 nitrogen and oxygen atoms in total. The van der Waals surface area contributed by atoms with Crippen LogP contribution in [0, 0.1) is 0 Å². The average Bonchev–Trinajstić information content (AvgIpc) is 2.99. The topological polar surface area (TPSA) is 63.8 Å². The van der Waals surface area contributed by atoms with Crippen molar-refractivity contribution in [1.82, 2.24) is 29.9 Å². The van der Waals surface area contributed by atoms with Crippen LogP contribution in [0.15, 0.2) is 0 Å². The summed E-state index contributed by atoms with van der Waals surface area (Å²) in [7, 11) is 6.16. The number of anilines is 1. The molecule has 0 saturated carbocycles. The van der Waals surface area contributed by atoms with Gasteiger partial charge in [-0.25, -0.2) is 0 Å². The quantitative estimate of drug-likeness (QED) is 0.833. The second kappa shape index (κ2) is 8.86. The maximum atomic E-state index is 4.73. The Labute approximate surface area is 162 Å². The van der Waals surface area contributed by atoms with Gasteiger partial charge in [-0.2, -0.15) is 5.10 Å². The first-order valence-corrected chi connectivity index (χ1v) is 9.33. The molecule has 1 aliphatic heterocycles. The lowest BCUT2D eigenvalue weighted by molar-refractivity contribution is 0.571. The SMILES string of the molecule is CC(C)c1nn(C)c(N(C)C)c1CNCc1nnc2n1CCCCC2.Cl. The molecule has 0 fully saturated rings. The second-order valence-electron chi connectivity index (χ2n) is 7.46. The van der Waals surface area contributed by atoms with Gasteiger partial charge in [0.05, 0.1) is 12.2 Å². The molecule has 1 aliphatic rings. The summed E-state index contributed by atoms with van der Waals surface area (Å²) in [6, 6.07) is 0. The Morgan fingerprint density at radius 3 is 2.58 bits per heavy atom. The van der Waals surface area contributed by atoms with E-state index in [0.717, 1.165) is 43.5 Å². The van der Waals surface area contributed by atoms with Gasteiger partial charge in [0.1, 0.15) is 17.5 Å². The number of hydrogen-bond acceptors (Lipinski definition) is 5. The van der Waals surface area contributed by atoms with Gasteiger partial charge in [-0.1, -0.05) is 20.3 Å². The van der Waals surface area contributed by atoms with Crippen LogP contribution in [0.5, 0.6) is 0 Å². The van der Waals surface area contributed by atoms with Gasteiger partial charge in [0, 0.05) is 46.2 Å². The zero-order valence-corrected chi connectivity index (χ0v) is 17.4. The van der Waals surface area contributed by atoms with Crippen LogP contribution in [0.1, 0.15) is 61.9 Å². The van der Waals surface area contributed by atoms with E-state index >= 15 is 0 Å². The minimum atomic E-state index is 0. The Balaban J connectivity index is 0.00000243. The molecule has 0 radical (unpaired) electrons. The number of rotatable bonds is 6. The first-order chi connectivity index (χ1) is 12.0. The van der Waals surface area contributed by atoms with Crippen molar-refractivity contribution in [2.45, 2.75) is 65.1 Å². The number of nitrogens with zero attached hydrogens (tertiary/aromatic N) is 6. The largest absolute Gasteiger partial charge is 0.363 e. The molecule has 0 aromatic carbocycles. The van der Waals surface area contributed by atoms with Crippen LogP contribution in [0.3, 0.4) is 0 Å². The Kier molecular flexibility index (Phi) is 7.06. The molecule has 0 amide bonds. The molecule has 2 aromatic rings. The molecule has 0 saturated heterocycles. The van der Waals surface area contributed by atoms with Crippen molar-refractivity contribution in [2.24, 2.45) is 7.05 Å². The zero-order chi connectivity index (χ0) is 18.0. The highest BCUT2D eigenvalue weighted by molar-refractivity contribution is 5.85. The zero-order valence-electron chi connectivity index (χ0n) is 16.6. The van der Waals surface area contributed by atoms with Crippen molar-refractivity contribution in [3.05, 3.63) is 22.9 Å². The molecule has 0 bridgehead atoms. The molecule has 0 unspecified atom stereocenters. The van der Waals surface area contributed by atoms with Crippen molar-refractivity contribution in [1.29, 1.82) is 0 Å². The summed E-state index contributed by atoms with van der Waals surface area (Å²) in [5.74, 6) is 3.77. The summed E-state index contributed by atoms with van der Waals surface area (Å²) >= 11 is 0. The molecule has 0 atom stereocenters. The lowest BCUT2D eigenvalue weighted by Gasteiger charge is -2.16. The minimum Gasteiger partial charge on any atom is -0.363 e. The highest BCUT2D eigenvalue weighted by atomic mass is 35.5. The normalized spacial score (nSPS) is 14.1. The van der Waals surface area contributed by atoms with Gasteiger partial charge < -0.3 is 14.8 Å². The Bertz CT molecular complexity index is 717. The number of nitrogens with one attached hydrogen (secondary N) is 1. The molecule has 0 aliphatic carbocycles. The lowest BCUT2D eigenvalue weighted by Crippen LogP contribution is -2.21. The van der Waals surface area contributed by atoms with Gasteiger partial charge >= 0.3 is 0 Å². The lowest BCUT2D eigenvalue weighted by atomic mass is 10.1. The van der Waals surface area contributed by atoms with Gasteiger partial charge in [-0.15, -0.1) is 22.6 Å². The standard InChI is InChI=1S/C18H31N7.ClH/c1-13(2)17-14(18(23(3)4)24(5)22-17)11-19-12-16-21-20-15-9-7-6-8-10-25(15)16;/h13,19H,6-12H2,1-5H3;1H. The number of fused-ring (bicyclic) bond motifs is 1. The molecule has 1 N–H and O–H groups in total. The average molecular weight is 382 g/mol. The van der Waals surface area contributed by atoms with Gasteiger partial charge in [-0.05, 0) is 18.8 Å². The third-order valence-corrected chi connectivity index (χ3v) is 4.88. The Morgan fingerprint density at radius 1 is 1.12 bits per heavy atom. The summed E-state index contributed by atoms with van der Waals surface area (Å²) in [6.45, 7) is 6.98. The number of aromatic nitrogens is 5. The van der Waals surface area contributed by atoms with E-state index in [0.29, 0.717) is 5.92 Å². The monoisotopic (exact) mass is 381 g/mol. The first kappa shape index (κ1) is 20.7. The van der Waals surface area contributed by atoms with Gasteiger partial charge in [0.25, 0.3) is 0 Å². The van der Waals surface area contributed by atoms with Crippen LogP contribution < -0.4 is 10.2 Å². The van der Waals surface area contributed by atoms with E-state index in [4.69, 9.17) is 5.10 Å². The molecule has 3 heterocycles. The van der Waals surface area contributed by atoms with E-state index in [-0.39, 0.29) is 12.4 Å². The number of aryl methyl sites for hydroxylation is 2. The molecule has 0 spiro atoms. The molecular formula is C18H32ClN7. The smallest absolute Gasteiger partial charge is 0.147 e. The van der Waals surface area contributed by atoms with Crippen LogP contribution in [0.2, 0.25) is 0 Å². The molecule has 2 aromatic heterocycles. The van der Waals surface area contributed by atoms with Crippen LogP contribution >= 0.6 is 12.4 Å². The fraction of sp³-hybridized carbons (Fsp3) is 0.722. The number of hydrogen-bond donors (Lipinski definition) is 1. The van der Waals surface area contributed by atoms with E-state index in [1.807, 2.05) is 11.7 Å². The fourth-order valence-corrected chi connectivity index (χ4v) is 3.75. The van der Waals surface area contributed by atoms with E-state index < -0.39 is 0 Å². The second-order valence-corrected chi connectivity index (χ2v) is 7.46. The summed E-state index contributed by atoms with van der Waals surface area (Å²) in [4.78, 5) is 2.14. The third-order valence-electron chi connectivity index (χ3n) is 4.88. The maximum absolute atomic E-state index is 4.73. The predicted molar refractivity (Wildman–Crippen MR) is 107 cm³/mol. The Hall–Kier alpha value is -1.60. The molecule has 8 heteroatoms. The van der Waals surface area contributed by atoms with Gasteiger partial charge in [0.15, 0.2) is 0 Å². The third kappa shape index (κ3) is 4.20. The van der Waals surface area contributed by atoms with Crippen LogP contribution in [0.4, 0.5) is 5.82 Å². The highest BCUT2D eigenvalue weighted by Crippen LogP contribution is 2.27. The van der Waals surface area contributed by atoms with E-state index in [2.05, 4.69) is 52.9 Å². The van der Waals surface area contributed by atoms with Crippen LogP contribution in [-0.4, -0.2) is 38.6 Å². The highest BCUT2D eigenvalue weighted by Gasteiger charge is 2.20. The van der Waals surface area contributed by atoms with Gasteiger partial charge in [0.2, 0.25) is 0 Å². The maximum Gasteiger partial charge on any atom is 0.147 e. The molecule has 146 valence electrons. The first-order valence-electron chi connectivity index (χ1n) is 9.33. The Morgan fingerprint density at radius 2 is 1.88 bits per heavy atom. The predicted octanol–water partition coefficient (Wildman–Crippen LogP) is 2.64. The van der Waals surface area contributed by atoms with Crippen LogP contribution in [0.25, 0.3) is 0 Å². The van der Waals surface area contributed by atoms with Crippen molar-refractivity contribution in [3.63, 3.8) is 0 Å². The van der Waals surface area contributed by atoms with Crippen molar-refractivity contribution in [3.8, 4) is 0 Å². The van der Waals surface area contributed by atoms with E-state index in [9.17, 15) is 0 Å². The summed E-state index contributed by atoms with van der Waals surface area (Å²) in [5.41, 5.74) is 2.44. The summed E-state index contributed by atoms with van der Waals surface area (Å²) < 4.78 is 4.29.